The quantitative estimate of drug-likeness (QED) is 0.604. The molecule has 2 aromatic rings. The van der Waals surface area contributed by atoms with Gasteiger partial charge in [0.25, 0.3) is 0 Å². The maximum atomic E-state index is 11.9. The fourth-order valence-corrected chi connectivity index (χ4v) is 3.80. The number of nitrogens with zero attached hydrogens (tertiary/aromatic N) is 3. The third-order valence-corrected chi connectivity index (χ3v) is 6.35. The van der Waals surface area contributed by atoms with Crippen LogP contribution in [-0.4, -0.2) is 64.1 Å². The summed E-state index contributed by atoms with van der Waals surface area (Å²) in [4.78, 5) is 6.36. The molecule has 9 heteroatoms. The zero-order valence-electron chi connectivity index (χ0n) is 16.9. The van der Waals surface area contributed by atoms with Crippen molar-refractivity contribution < 1.29 is 13.2 Å². The first-order valence-corrected chi connectivity index (χ1v) is 11.2. The van der Waals surface area contributed by atoms with E-state index < -0.39 is 10.2 Å². The fraction of sp³-hybridized carbons (Fsp3) is 0.450. The molecule has 1 aliphatic heterocycles. The largest absolute Gasteiger partial charge is 0.491 e. The van der Waals surface area contributed by atoms with E-state index in [9.17, 15) is 8.42 Å². The second-order valence-corrected chi connectivity index (χ2v) is 9.07. The van der Waals surface area contributed by atoms with Crippen molar-refractivity contribution in [2.75, 3.05) is 50.0 Å². The van der Waals surface area contributed by atoms with Gasteiger partial charge >= 0.3 is 10.2 Å². The van der Waals surface area contributed by atoms with Gasteiger partial charge in [-0.25, -0.2) is 0 Å². The molecular formula is C20H29N5O3S. The Morgan fingerprint density at radius 3 is 2.52 bits per heavy atom. The van der Waals surface area contributed by atoms with E-state index >= 15 is 0 Å². The van der Waals surface area contributed by atoms with Crippen LogP contribution < -0.4 is 19.7 Å². The van der Waals surface area contributed by atoms with Gasteiger partial charge in [0, 0.05) is 57.3 Å². The lowest BCUT2D eigenvalue weighted by atomic mass is 10.0. The van der Waals surface area contributed by atoms with Gasteiger partial charge in [-0.2, -0.15) is 12.7 Å². The van der Waals surface area contributed by atoms with Crippen LogP contribution in [0.3, 0.4) is 0 Å². The lowest BCUT2D eigenvalue weighted by Gasteiger charge is -2.34. The van der Waals surface area contributed by atoms with E-state index in [1.54, 1.807) is 24.5 Å². The summed E-state index contributed by atoms with van der Waals surface area (Å²) in [6, 6.07) is 11.8. The number of aromatic nitrogens is 1. The van der Waals surface area contributed by atoms with Crippen LogP contribution >= 0.6 is 0 Å². The van der Waals surface area contributed by atoms with Crippen LogP contribution in [0.25, 0.3) is 0 Å². The molecule has 0 radical (unpaired) electrons. The van der Waals surface area contributed by atoms with E-state index in [1.165, 1.54) is 14.1 Å². The highest BCUT2D eigenvalue weighted by Crippen LogP contribution is 2.22. The van der Waals surface area contributed by atoms with E-state index in [2.05, 4.69) is 19.9 Å². The average molecular weight is 420 g/mol. The molecule has 0 unspecified atom stereocenters. The second-order valence-electron chi connectivity index (χ2n) is 7.19. The lowest BCUT2D eigenvalue weighted by Crippen LogP contribution is -2.43. The number of rotatable bonds is 9. The van der Waals surface area contributed by atoms with Crippen molar-refractivity contribution in [2.45, 2.75) is 18.9 Å². The van der Waals surface area contributed by atoms with Crippen molar-refractivity contribution in [1.29, 1.82) is 0 Å². The molecule has 158 valence electrons. The van der Waals surface area contributed by atoms with E-state index in [1.807, 2.05) is 24.3 Å². The molecule has 1 aromatic carbocycles. The van der Waals surface area contributed by atoms with E-state index in [0.717, 1.165) is 48.2 Å². The monoisotopic (exact) mass is 419 g/mol. The van der Waals surface area contributed by atoms with Crippen LogP contribution in [0.5, 0.6) is 5.75 Å². The summed E-state index contributed by atoms with van der Waals surface area (Å²) in [5.74, 6) is 0.792. The van der Waals surface area contributed by atoms with E-state index in [-0.39, 0.29) is 0 Å². The summed E-state index contributed by atoms with van der Waals surface area (Å²) in [6.07, 6.45) is 5.56. The van der Waals surface area contributed by atoms with Gasteiger partial charge in [-0.05, 0) is 49.2 Å². The van der Waals surface area contributed by atoms with Crippen LogP contribution in [0.4, 0.5) is 11.4 Å². The molecule has 0 atom stereocenters. The first-order chi connectivity index (χ1) is 13.9. The highest BCUT2D eigenvalue weighted by molar-refractivity contribution is 7.90. The van der Waals surface area contributed by atoms with Crippen LogP contribution in [0, 0.1) is 0 Å². The third-order valence-electron chi connectivity index (χ3n) is 4.89. The lowest BCUT2D eigenvalue weighted by molar-refractivity contribution is 0.295. The summed E-state index contributed by atoms with van der Waals surface area (Å²) in [7, 11) is -0.478. The topological polar surface area (TPSA) is 86.8 Å². The summed E-state index contributed by atoms with van der Waals surface area (Å²) >= 11 is 0. The standard InChI is InChI=1S/C20H29N5O3S/c1-24(2)29(26,27)23-18-5-7-19(8-6-18)25-13-9-17(10-14-25)22-12-15-28-20-4-3-11-21-16-20/h3-8,11,16-17,22-23H,9-10,12-15H2,1-2H3. The smallest absolute Gasteiger partial charge is 0.301 e. The number of nitrogens with one attached hydrogen (secondary N) is 2. The Morgan fingerprint density at radius 1 is 1.17 bits per heavy atom. The molecule has 2 N–H and O–H groups in total. The number of ether oxygens (including phenoxy) is 1. The summed E-state index contributed by atoms with van der Waals surface area (Å²) < 4.78 is 33.2. The minimum Gasteiger partial charge on any atom is -0.491 e. The Morgan fingerprint density at radius 2 is 1.90 bits per heavy atom. The molecule has 29 heavy (non-hydrogen) atoms. The maximum absolute atomic E-state index is 11.9. The zero-order valence-corrected chi connectivity index (χ0v) is 17.7. The van der Waals surface area contributed by atoms with Crippen molar-refractivity contribution in [1.82, 2.24) is 14.6 Å². The normalized spacial score (nSPS) is 15.5. The zero-order chi connectivity index (χ0) is 20.7. The minimum atomic E-state index is -3.48. The van der Waals surface area contributed by atoms with Gasteiger partial charge in [-0.1, -0.05) is 0 Å². The number of hydrogen-bond acceptors (Lipinski definition) is 6. The van der Waals surface area contributed by atoms with Crippen LogP contribution in [-0.2, 0) is 10.2 Å². The van der Waals surface area contributed by atoms with E-state index in [0.29, 0.717) is 18.3 Å². The fourth-order valence-electron chi connectivity index (χ4n) is 3.19. The average Bonchev–Trinajstić information content (AvgIpc) is 2.73. The minimum absolute atomic E-state index is 0.481. The van der Waals surface area contributed by atoms with Crippen molar-refractivity contribution in [3.8, 4) is 5.75 Å². The first kappa shape index (κ1) is 21.4. The molecule has 0 amide bonds. The molecule has 0 spiro atoms. The number of pyridine rings is 1. The first-order valence-electron chi connectivity index (χ1n) is 9.75. The van der Waals surface area contributed by atoms with Crippen LogP contribution in [0.1, 0.15) is 12.8 Å². The number of anilines is 2. The highest BCUT2D eigenvalue weighted by atomic mass is 32.2. The Hall–Kier alpha value is -2.36. The molecule has 3 rings (SSSR count). The van der Waals surface area contributed by atoms with Crippen molar-refractivity contribution >= 4 is 21.6 Å². The van der Waals surface area contributed by atoms with Gasteiger partial charge in [0.05, 0.1) is 6.20 Å². The maximum Gasteiger partial charge on any atom is 0.301 e. The third kappa shape index (κ3) is 6.31. The Labute approximate surface area is 173 Å². The number of benzene rings is 1. The molecule has 1 aliphatic rings. The van der Waals surface area contributed by atoms with Crippen molar-refractivity contribution in [3.05, 3.63) is 48.8 Å². The summed E-state index contributed by atoms with van der Waals surface area (Å²) in [6.45, 7) is 3.35. The predicted molar refractivity (Wildman–Crippen MR) is 116 cm³/mol. The molecule has 2 heterocycles. The van der Waals surface area contributed by atoms with Gasteiger partial charge in [0.2, 0.25) is 0 Å². The van der Waals surface area contributed by atoms with Crippen LogP contribution in [0.15, 0.2) is 48.8 Å². The summed E-state index contributed by atoms with van der Waals surface area (Å²) in [5.41, 5.74) is 1.67. The van der Waals surface area contributed by atoms with Crippen molar-refractivity contribution in [2.24, 2.45) is 0 Å². The molecule has 0 bridgehead atoms. The van der Waals surface area contributed by atoms with Gasteiger partial charge in [-0.15, -0.1) is 0 Å². The molecular weight excluding hydrogens is 390 g/mol. The van der Waals surface area contributed by atoms with Gasteiger partial charge in [0.1, 0.15) is 12.4 Å². The summed E-state index contributed by atoms with van der Waals surface area (Å²) in [5, 5.41) is 3.56. The molecule has 1 saturated heterocycles. The SMILES string of the molecule is CN(C)S(=O)(=O)Nc1ccc(N2CCC(NCCOc3cccnc3)CC2)cc1. The van der Waals surface area contributed by atoms with E-state index in [4.69, 9.17) is 4.74 Å². The molecule has 1 fully saturated rings. The highest BCUT2D eigenvalue weighted by Gasteiger charge is 2.19. The predicted octanol–water partition coefficient (Wildman–Crippen LogP) is 1.94. The Bertz CT molecular complexity index is 851. The molecule has 8 nitrogen and oxygen atoms in total. The Balaban J connectivity index is 1.40. The van der Waals surface area contributed by atoms with Crippen molar-refractivity contribution in [3.63, 3.8) is 0 Å². The number of hydrogen-bond donors (Lipinski definition) is 2. The molecule has 0 aliphatic carbocycles. The van der Waals surface area contributed by atoms with Gasteiger partial charge in [-0.3, -0.25) is 9.71 Å². The second kappa shape index (κ2) is 9.91. The number of piperidine rings is 1. The molecule has 0 saturated carbocycles. The molecule has 1 aromatic heterocycles. The van der Waals surface area contributed by atoms with Crippen LogP contribution in [0.2, 0.25) is 0 Å². The van der Waals surface area contributed by atoms with Gasteiger partial charge in [0.15, 0.2) is 0 Å². The van der Waals surface area contributed by atoms with Gasteiger partial charge < -0.3 is 15.0 Å². The Kier molecular flexibility index (Phi) is 7.29.